The maximum atomic E-state index is 13.0. The van der Waals surface area contributed by atoms with Crippen LogP contribution >= 0.6 is 0 Å². The Balaban J connectivity index is 2.07. The number of aryl methyl sites for hydroxylation is 1. The van der Waals surface area contributed by atoms with Crippen molar-refractivity contribution in [1.82, 2.24) is 5.32 Å². The molecule has 0 bridgehead atoms. The van der Waals surface area contributed by atoms with Crippen molar-refractivity contribution in [3.8, 4) is 5.75 Å². The number of anilines is 1. The Morgan fingerprint density at radius 2 is 1.83 bits per heavy atom. The second kappa shape index (κ2) is 9.38. The lowest BCUT2D eigenvalue weighted by Crippen LogP contribution is -2.45. The monoisotopic (exact) mass is 444 g/mol. The van der Waals surface area contributed by atoms with Gasteiger partial charge in [0.2, 0.25) is 15.9 Å². The number of halogens is 3. The molecule has 0 fully saturated rings. The summed E-state index contributed by atoms with van der Waals surface area (Å²) in [5, 5.41) is 2.59. The van der Waals surface area contributed by atoms with Crippen molar-refractivity contribution in [2.24, 2.45) is 0 Å². The van der Waals surface area contributed by atoms with E-state index in [1.807, 2.05) is 25.1 Å². The van der Waals surface area contributed by atoms with Crippen molar-refractivity contribution in [3.05, 3.63) is 59.7 Å². The molecule has 0 aromatic heterocycles. The molecule has 1 N–H and O–H groups in total. The van der Waals surface area contributed by atoms with E-state index in [-0.39, 0.29) is 12.3 Å². The second-order valence-corrected chi connectivity index (χ2v) is 8.77. The quantitative estimate of drug-likeness (QED) is 0.678. The van der Waals surface area contributed by atoms with E-state index in [0.717, 1.165) is 24.0 Å². The number of carbonyl (C=O) groups is 1. The van der Waals surface area contributed by atoms with Gasteiger partial charge in [-0.1, -0.05) is 24.3 Å². The summed E-state index contributed by atoms with van der Waals surface area (Å²) in [6.07, 6.45) is -3.81. The first-order chi connectivity index (χ1) is 13.9. The molecule has 0 aliphatic rings. The van der Waals surface area contributed by atoms with Crippen molar-refractivity contribution in [1.29, 1.82) is 0 Å². The molecule has 0 aliphatic carbocycles. The van der Waals surface area contributed by atoms with Gasteiger partial charge in [-0.25, -0.2) is 8.42 Å². The van der Waals surface area contributed by atoms with Crippen LogP contribution in [-0.4, -0.2) is 39.8 Å². The van der Waals surface area contributed by atoms with Crippen molar-refractivity contribution >= 4 is 21.6 Å². The molecule has 2 rings (SSSR count). The number of rotatable bonds is 8. The minimum atomic E-state index is -4.64. The number of amides is 1. The summed E-state index contributed by atoms with van der Waals surface area (Å²) in [5.41, 5.74) is -0.329. The van der Waals surface area contributed by atoms with E-state index in [0.29, 0.717) is 16.1 Å². The van der Waals surface area contributed by atoms with Crippen LogP contribution in [0.25, 0.3) is 0 Å². The summed E-state index contributed by atoms with van der Waals surface area (Å²) < 4.78 is 69.3. The van der Waals surface area contributed by atoms with Gasteiger partial charge in [-0.3, -0.25) is 9.10 Å². The highest BCUT2D eigenvalue weighted by Gasteiger charge is 2.32. The van der Waals surface area contributed by atoms with Gasteiger partial charge in [0.15, 0.2) is 0 Å². The van der Waals surface area contributed by atoms with Crippen LogP contribution < -0.4 is 14.4 Å². The smallest absolute Gasteiger partial charge is 0.416 e. The van der Waals surface area contributed by atoms with E-state index in [1.165, 1.54) is 6.07 Å². The number of benzene rings is 2. The molecule has 0 heterocycles. The number of sulfonamides is 1. The lowest BCUT2D eigenvalue weighted by molar-refractivity contribution is -0.137. The van der Waals surface area contributed by atoms with Crippen molar-refractivity contribution in [3.63, 3.8) is 0 Å². The van der Waals surface area contributed by atoms with Crippen molar-refractivity contribution in [2.75, 3.05) is 23.7 Å². The van der Waals surface area contributed by atoms with Gasteiger partial charge < -0.3 is 10.1 Å². The normalized spacial score (nSPS) is 12.9. The summed E-state index contributed by atoms with van der Waals surface area (Å²) >= 11 is 0. The van der Waals surface area contributed by atoms with Gasteiger partial charge in [0.05, 0.1) is 23.5 Å². The third-order valence-corrected chi connectivity index (χ3v) is 5.28. The topological polar surface area (TPSA) is 75.7 Å². The molecule has 2 aromatic carbocycles. The minimum Gasteiger partial charge on any atom is -0.491 e. The first kappa shape index (κ1) is 23.5. The SMILES string of the molecule is Cc1ccccc1OC[C@@H](C)NC(=O)CN(c1cccc(C(F)(F)F)c1)S(C)(=O)=O. The number of carbonyl (C=O) groups excluding carboxylic acids is 1. The molecule has 0 unspecified atom stereocenters. The maximum Gasteiger partial charge on any atom is 0.416 e. The summed E-state index contributed by atoms with van der Waals surface area (Å²) in [5.74, 6) is -0.0148. The predicted octanol–water partition coefficient (Wildman–Crippen LogP) is 3.36. The fourth-order valence-electron chi connectivity index (χ4n) is 2.66. The Hall–Kier alpha value is -2.75. The number of ether oxygens (including phenoxy) is 1. The molecule has 1 amide bonds. The van der Waals surface area contributed by atoms with Gasteiger partial charge in [-0.2, -0.15) is 13.2 Å². The first-order valence-corrected chi connectivity index (χ1v) is 10.9. The van der Waals surface area contributed by atoms with Crippen LogP contribution in [0, 0.1) is 6.92 Å². The molecule has 1 atom stereocenters. The van der Waals surface area contributed by atoms with Crippen LogP contribution in [0.2, 0.25) is 0 Å². The highest BCUT2D eigenvalue weighted by molar-refractivity contribution is 7.92. The fourth-order valence-corrected chi connectivity index (χ4v) is 3.51. The van der Waals surface area contributed by atoms with Crippen LogP contribution in [0.3, 0.4) is 0 Å². The van der Waals surface area contributed by atoms with Crippen LogP contribution in [-0.2, 0) is 21.0 Å². The number of alkyl halides is 3. The van der Waals surface area contributed by atoms with E-state index < -0.39 is 40.3 Å². The van der Waals surface area contributed by atoms with Gasteiger partial charge in [-0.05, 0) is 43.7 Å². The number of hydrogen-bond acceptors (Lipinski definition) is 4. The van der Waals surface area contributed by atoms with E-state index in [4.69, 9.17) is 4.74 Å². The molecule has 10 heteroatoms. The zero-order chi connectivity index (χ0) is 22.5. The summed E-state index contributed by atoms with van der Waals surface area (Å²) in [4.78, 5) is 12.3. The highest BCUT2D eigenvalue weighted by Crippen LogP contribution is 2.32. The average molecular weight is 444 g/mol. The molecule has 0 saturated carbocycles. The fraction of sp³-hybridized carbons (Fsp3) is 0.350. The Kier molecular flexibility index (Phi) is 7.35. The largest absolute Gasteiger partial charge is 0.491 e. The van der Waals surface area contributed by atoms with E-state index in [9.17, 15) is 26.4 Å². The zero-order valence-electron chi connectivity index (χ0n) is 16.7. The standard InChI is InChI=1S/C20H23F3N2O4S/c1-14-7-4-5-10-18(14)29-13-15(2)24-19(26)12-25(30(3,27)28)17-9-6-8-16(11-17)20(21,22)23/h4-11,15H,12-13H2,1-3H3,(H,24,26)/t15-/m1/s1. The van der Waals surface area contributed by atoms with Gasteiger partial charge in [-0.15, -0.1) is 0 Å². The molecule has 30 heavy (non-hydrogen) atoms. The third-order valence-electron chi connectivity index (χ3n) is 4.14. The molecule has 164 valence electrons. The lowest BCUT2D eigenvalue weighted by Gasteiger charge is -2.24. The highest BCUT2D eigenvalue weighted by atomic mass is 32.2. The van der Waals surface area contributed by atoms with Crippen LogP contribution in [0.5, 0.6) is 5.75 Å². The Labute approximate surface area is 173 Å². The second-order valence-electron chi connectivity index (χ2n) is 6.86. The van der Waals surface area contributed by atoms with Crippen molar-refractivity contribution in [2.45, 2.75) is 26.1 Å². The maximum absolute atomic E-state index is 13.0. The van der Waals surface area contributed by atoms with E-state index >= 15 is 0 Å². The molecule has 0 saturated heterocycles. The van der Waals surface area contributed by atoms with Gasteiger partial charge >= 0.3 is 6.18 Å². The number of nitrogens with zero attached hydrogens (tertiary/aromatic N) is 1. The van der Waals surface area contributed by atoms with E-state index in [2.05, 4.69) is 5.32 Å². The van der Waals surface area contributed by atoms with Crippen LogP contribution in [0.1, 0.15) is 18.1 Å². The molecule has 0 radical (unpaired) electrons. The summed E-state index contributed by atoms with van der Waals surface area (Å²) in [6.45, 7) is 3.02. The molecular weight excluding hydrogens is 421 g/mol. The molecule has 0 aliphatic heterocycles. The summed E-state index contributed by atoms with van der Waals surface area (Å²) in [6, 6.07) is 10.7. The Bertz CT molecular complexity index is 994. The molecule has 6 nitrogen and oxygen atoms in total. The van der Waals surface area contributed by atoms with Crippen LogP contribution in [0.15, 0.2) is 48.5 Å². The number of nitrogens with one attached hydrogen (secondary N) is 1. The lowest BCUT2D eigenvalue weighted by atomic mass is 10.2. The third kappa shape index (κ3) is 6.65. The Morgan fingerprint density at radius 1 is 1.17 bits per heavy atom. The van der Waals surface area contributed by atoms with E-state index in [1.54, 1.807) is 13.0 Å². The number of hydrogen-bond donors (Lipinski definition) is 1. The van der Waals surface area contributed by atoms with Crippen LogP contribution in [0.4, 0.5) is 18.9 Å². The van der Waals surface area contributed by atoms with Gasteiger partial charge in [0.1, 0.15) is 18.9 Å². The predicted molar refractivity (Wildman–Crippen MR) is 108 cm³/mol. The zero-order valence-corrected chi connectivity index (χ0v) is 17.5. The summed E-state index contributed by atoms with van der Waals surface area (Å²) in [7, 11) is -4.00. The Morgan fingerprint density at radius 3 is 2.43 bits per heavy atom. The van der Waals surface area contributed by atoms with Gasteiger partial charge in [0.25, 0.3) is 0 Å². The first-order valence-electron chi connectivity index (χ1n) is 9.00. The van der Waals surface area contributed by atoms with Gasteiger partial charge in [0, 0.05) is 0 Å². The molecule has 2 aromatic rings. The minimum absolute atomic E-state index is 0.138. The average Bonchev–Trinajstić information content (AvgIpc) is 2.64. The molecule has 0 spiro atoms. The molecular formula is C20H23F3N2O4S. The van der Waals surface area contributed by atoms with Crippen molar-refractivity contribution < 1.29 is 31.1 Å². The number of para-hydroxylation sites is 1.